The van der Waals surface area contributed by atoms with Gasteiger partial charge in [0.2, 0.25) is 5.91 Å². The van der Waals surface area contributed by atoms with Crippen molar-refractivity contribution in [2.75, 3.05) is 40.4 Å². The highest BCUT2D eigenvalue weighted by atomic mass is 79.9. The Morgan fingerprint density at radius 2 is 1.61 bits per heavy atom. The van der Waals surface area contributed by atoms with Crippen LogP contribution in [0, 0.1) is 0 Å². The Bertz CT molecular complexity index is 863. The lowest BCUT2D eigenvalue weighted by molar-refractivity contribution is -0.131. The standard InChI is InChI=1S/C21H23BrN2O4/c1-27-18-7-6-16(14-19(18)28-2)21(26)24-10-8-23(9-11-24)20(25)13-15-4-3-5-17(22)12-15/h3-7,12,14H,8-11,13H2,1-2H3. The number of benzene rings is 2. The Labute approximate surface area is 173 Å². The van der Waals surface area contributed by atoms with Gasteiger partial charge in [-0.2, -0.15) is 0 Å². The van der Waals surface area contributed by atoms with Crippen molar-refractivity contribution in [2.24, 2.45) is 0 Å². The third-order valence-corrected chi connectivity index (χ3v) is 5.29. The van der Waals surface area contributed by atoms with E-state index in [0.29, 0.717) is 49.7 Å². The number of carbonyl (C=O) groups is 2. The van der Waals surface area contributed by atoms with Crippen molar-refractivity contribution in [3.8, 4) is 11.5 Å². The first-order valence-electron chi connectivity index (χ1n) is 9.05. The van der Waals surface area contributed by atoms with Crippen LogP contribution in [0.1, 0.15) is 15.9 Å². The van der Waals surface area contributed by atoms with E-state index in [2.05, 4.69) is 15.9 Å². The van der Waals surface area contributed by atoms with Crippen molar-refractivity contribution >= 4 is 27.7 Å². The molecule has 0 aromatic heterocycles. The number of hydrogen-bond donors (Lipinski definition) is 0. The molecular weight excluding hydrogens is 424 g/mol. The van der Waals surface area contributed by atoms with Crippen LogP contribution in [0.4, 0.5) is 0 Å². The van der Waals surface area contributed by atoms with Crippen LogP contribution in [-0.4, -0.2) is 62.0 Å². The Morgan fingerprint density at radius 3 is 2.25 bits per heavy atom. The van der Waals surface area contributed by atoms with Crippen molar-refractivity contribution in [1.82, 2.24) is 9.80 Å². The number of halogens is 1. The van der Waals surface area contributed by atoms with E-state index in [1.54, 1.807) is 37.3 Å². The molecule has 0 N–H and O–H groups in total. The summed E-state index contributed by atoms with van der Waals surface area (Å²) in [6, 6.07) is 12.9. The van der Waals surface area contributed by atoms with Gasteiger partial charge in [-0.1, -0.05) is 28.1 Å². The van der Waals surface area contributed by atoms with E-state index in [0.717, 1.165) is 10.0 Å². The number of carbonyl (C=O) groups excluding carboxylic acids is 2. The summed E-state index contributed by atoms with van der Waals surface area (Å²) >= 11 is 3.43. The monoisotopic (exact) mass is 446 g/mol. The van der Waals surface area contributed by atoms with Gasteiger partial charge in [0, 0.05) is 36.2 Å². The van der Waals surface area contributed by atoms with E-state index in [1.165, 1.54) is 0 Å². The summed E-state index contributed by atoms with van der Waals surface area (Å²) in [5.41, 5.74) is 1.52. The molecule has 1 aliphatic rings. The third-order valence-electron chi connectivity index (χ3n) is 4.79. The summed E-state index contributed by atoms with van der Waals surface area (Å²) in [4.78, 5) is 28.9. The highest BCUT2D eigenvalue weighted by Gasteiger charge is 2.25. The maximum atomic E-state index is 12.8. The second-order valence-electron chi connectivity index (χ2n) is 6.55. The minimum atomic E-state index is -0.0694. The van der Waals surface area contributed by atoms with Gasteiger partial charge in [0.25, 0.3) is 5.91 Å². The van der Waals surface area contributed by atoms with Crippen LogP contribution in [-0.2, 0) is 11.2 Å². The number of hydrogen-bond acceptors (Lipinski definition) is 4. The van der Waals surface area contributed by atoms with Gasteiger partial charge in [-0.05, 0) is 35.9 Å². The van der Waals surface area contributed by atoms with Gasteiger partial charge >= 0.3 is 0 Å². The van der Waals surface area contributed by atoms with Crippen LogP contribution < -0.4 is 9.47 Å². The van der Waals surface area contributed by atoms with Gasteiger partial charge in [0.05, 0.1) is 20.6 Å². The zero-order valence-electron chi connectivity index (χ0n) is 16.0. The molecule has 28 heavy (non-hydrogen) atoms. The molecule has 1 fully saturated rings. The second-order valence-corrected chi connectivity index (χ2v) is 7.47. The molecule has 1 heterocycles. The van der Waals surface area contributed by atoms with Gasteiger partial charge in [0.15, 0.2) is 11.5 Å². The maximum Gasteiger partial charge on any atom is 0.254 e. The summed E-state index contributed by atoms with van der Waals surface area (Å²) in [6.45, 7) is 2.09. The Kier molecular flexibility index (Phi) is 6.57. The Hall–Kier alpha value is -2.54. The lowest BCUT2D eigenvalue weighted by Crippen LogP contribution is -2.51. The Balaban J connectivity index is 1.58. The van der Waals surface area contributed by atoms with E-state index >= 15 is 0 Å². The summed E-state index contributed by atoms with van der Waals surface area (Å²) in [6.07, 6.45) is 0.364. The SMILES string of the molecule is COc1ccc(C(=O)N2CCN(C(=O)Cc3cccc(Br)c3)CC2)cc1OC. The molecule has 1 aliphatic heterocycles. The number of rotatable bonds is 5. The maximum absolute atomic E-state index is 12.8. The molecule has 3 rings (SSSR count). The summed E-state index contributed by atoms with van der Waals surface area (Å²) in [5, 5.41) is 0. The molecule has 0 aliphatic carbocycles. The van der Waals surface area contributed by atoms with Crippen molar-refractivity contribution < 1.29 is 19.1 Å². The van der Waals surface area contributed by atoms with E-state index in [4.69, 9.17) is 9.47 Å². The lowest BCUT2D eigenvalue weighted by atomic mass is 10.1. The first-order valence-corrected chi connectivity index (χ1v) is 9.84. The van der Waals surface area contributed by atoms with Gasteiger partial charge in [0.1, 0.15) is 0 Å². The van der Waals surface area contributed by atoms with Crippen LogP contribution in [0.3, 0.4) is 0 Å². The zero-order valence-corrected chi connectivity index (χ0v) is 17.6. The van der Waals surface area contributed by atoms with Crippen LogP contribution in [0.2, 0.25) is 0 Å². The van der Waals surface area contributed by atoms with Crippen LogP contribution >= 0.6 is 15.9 Å². The molecule has 148 valence electrons. The fourth-order valence-corrected chi connectivity index (χ4v) is 3.69. The second kappa shape index (κ2) is 9.10. The number of ether oxygens (including phenoxy) is 2. The van der Waals surface area contributed by atoms with Crippen molar-refractivity contribution in [2.45, 2.75) is 6.42 Å². The summed E-state index contributed by atoms with van der Waals surface area (Å²) in [5.74, 6) is 1.12. The van der Waals surface area contributed by atoms with E-state index in [-0.39, 0.29) is 11.8 Å². The van der Waals surface area contributed by atoms with Crippen LogP contribution in [0.15, 0.2) is 46.9 Å². The van der Waals surface area contributed by atoms with Gasteiger partial charge < -0.3 is 19.3 Å². The molecule has 2 amide bonds. The third kappa shape index (κ3) is 4.65. The molecule has 0 atom stereocenters. The first kappa shape index (κ1) is 20.2. The fraction of sp³-hybridized carbons (Fsp3) is 0.333. The smallest absolute Gasteiger partial charge is 0.254 e. The highest BCUT2D eigenvalue weighted by molar-refractivity contribution is 9.10. The van der Waals surface area contributed by atoms with Gasteiger partial charge in [-0.25, -0.2) is 0 Å². The molecule has 0 saturated carbocycles. The predicted molar refractivity (Wildman–Crippen MR) is 110 cm³/mol. The molecular formula is C21H23BrN2O4. The number of nitrogens with zero attached hydrogens (tertiary/aromatic N) is 2. The highest BCUT2D eigenvalue weighted by Crippen LogP contribution is 2.28. The minimum Gasteiger partial charge on any atom is -0.493 e. The lowest BCUT2D eigenvalue weighted by Gasteiger charge is -2.35. The number of amides is 2. The van der Waals surface area contributed by atoms with Crippen molar-refractivity contribution in [1.29, 1.82) is 0 Å². The summed E-state index contributed by atoms with van der Waals surface area (Å²) < 4.78 is 11.5. The molecule has 0 bridgehead atoms. The molecule has 2 aromatic rings. The van der Waals surface area contributed by atoms with E-state index in [9.17, 15) is 9.59 Å². The molecule has 6 nitrogen and oxygen atoms in total. The quantitative estimate of drug-likeness (QED) is 0.708. The normalized spacial score (nSPS) is 14.0. The fourth-order valence-electron chi connectivity index (χ4n) is 3.24. The summed E-state index contributed by atoms with van der Waals surface area (Å²) in [7, 11) is 3.10. The minimum absolute atomic E-state index is 0.0694. The van der Waals surface area contributed by atoms with Crippen LogP contribution in [0.25, 0.3) is 0 Å². The van der Waals surface area contributed by atoms with Crippen molar-refractivity contribution in [3.63, 3.8) is 0 Å². The van der Waals surface area contributed by atoms with Gasteiger partial charge in [-0.15, -0.1) is 0 Å². The zero-order chi connectivity index (χ0) is 20.1. The molecule has 1 saturated heterocycles. The average molecular weight is 447 g/mol. The molecule has 2 aromatic carbocycles. The predicted octanol–water partition coefficient (Wildman–Crippen LogP) is 2.99. The molecule has 0 unspecified atom stereocenters. The molecule has 0 spiro atoms. The molecule has 0 radical (unpaired) electrons. The Morgan fingerprint density at radius 1 is 0.929 bits per heavy atom. The first-order chi connectivity index (χ1) is 13.5. The number of methoxy groups -OCH3 is 2. The molecule has 7 heteroatoms. The van der Waals surface area contributed by atoms with E-state index in [1.807, 2.05) is 29.2 Å². The van der Waals surface area contributed by atoms with E-state index < -0.39 is 0 Å². The topological polar surface area (TPSA) is 59.1 Å². The average Bonchev–Trinajstić information content (AvgIpc) is 2.72. The largest absolute Gasteiger partial charge is 0.493 e. The van der Waals surface area contributed by atoms with Crippen molar-refractivity contribution in [3.05, 3.63) is 58.1 Å². The van der Waals surface area contributed by atoms with Gasteiger partial charge in [-0.3, -0.25) is 9.59 Å². The number of piperazine rings is 1. The van der Waals surface area contributed by atoms with Crippen LogP contribution in [0.5, 0.6) is 11.5 Å².